The zero-order valence-electron chi connectivity index (χ0n) is 10.5. The van der Waals surface area contributed by atoms with Gasteiger partial charge in [-0.1, -0.05) is 42.4 Å². The molecule has 18 heavy (non-hydrogen) atoms. The quantitative estimate of drug-likeness (QED) is 0.505. The molecule has 0 saturated carbocycles. The number of benzene rings is 1. The number of azide groups is 1. The van der Waals surface area contributed by atoms with Crippen LogP contribution in [0.1, 0.15) is 18.9 Å². The molecule has 96 valence electrons. The van der Waals surface area contributed by atoms with E-state index in [1.54, 1.807) is 0 Å². The van der Waals surface area contributed by atoms with Gasteiger partial charge in [-0.25, -0.2) is 0 Å². The molecule has 1 N–H and O–H groups in total. The number of nitrogens with zero attached hydrogens (tertiary/aromatic N) is 4. The first-order valence-corrected chi connectivity index (χ1v) is 6.15. The second kappa shape index (κ2) is 5.40. The van der Waals surface area contributed by atoms with Gasteiger partial charge in [0.2, 0.25) is 0 Å². The molecule has 1 heterocycles. The molecule has 1 aromatic rings. The summed E-state index contributed by atoms with van der Waals surface area (Å²) < 4.78 is 0. The van der Waals surface area contributed by atoms with E-state index in [2.05, 4.69) is 27.1 Å². The van der Waals surface area contributed by atoms with E-state index in [1.165, 1.54) is 5.56 Å². The minimum absolute atomic E-state index is 0.546. The Labute approximate surface area is 107 Å². The number of hydrogen-bond acceptors (Lipinski definition) is 3. The maximum absolute atomic E-state index is 10.1. The van der Waals surface area contributed by atoms with Gasteiger partial charge in [-0.2, -0.15) is 0 Å². The fourth-order valence-corrected chi connectivity index (χ4v) is 2.29. The van der Waals surface area contributed by atoms with Crippen molar-refractivity contribution in [2.24, 2.45) is 5.11 Å². The molecule has 1 fully saturated rings. The lowest BCUT2D eigenvalue weighted by atomic mass is 9.87. The van der Waals surface area contributed by atoms with Crippen molar-refractivity contribution >= 4 is 0 Å². The minimum Gasteiger partial charge on any atom is -0.391 e. The third kappa shape index (κ3) is 2.82. The third-order valence-corrected chi connectivity index (χ3v) is 3.61. The number of aliphatic hydroxyl groups excluding tert-OH is 1. The van der Waals surface area contributed by atoms with Crippen LogP contribution in [0.4, 0.5) is 0 Å². The van der Waals surface area contributed by atoms with Gasteiger partial charge < -0.3 is 5.11 Å². The summed E-state index contributed by atoms with van der Waals surface area (Å²) >= 11 is 0. The van der Waals surface area contributed by atoms with Gasteiger partial charge in [-0.05, 0) is 24.1 Å². The molecular formula is C13H18N4O. The van der Waals surface area contributed by atoms with E-state index in [0.29, 0.717) is 13.0 Å². The van der Waals surface area contributed by atoms with Crippen LogP contribution in [-0.4, -0.2) is 34.7 Å². The standard InChI is InChI=1S/C13H18N4O/c1-13(15-16-14)7-8-17(10-12(13)18)9-11-5-3-2-4-6-11/h2-6,12,18H,7-10H2,1H3/t12-,13?/m0/s1. The molecule has 2 atom stereocenters. The topological polar surface area (TPSA) is 72.2 Å². The fraction of sp³-hybridized carbons (Fsp3) is 0.538. The van der Waals surface area contributed by atoms with Crippen LogP contribution in [-0.2, 0) is 6.54 Å². The first-order chi connectivity index (χ1) is 8.64. The molecular weight excluding hydrogens is 228 g/mol. The van der Waals surface area contributed by atoms with Crippen molar-refractivity contribution in [3.63, 3.8) is 0 Å². The molecule has 1 saturated heterocycles. The Morgan fingerprint density at radius 3 is 2.83 bits per heavy atom. The Morgan fingerprint density at radius 1 is 1.50 bits per heavy atom. The number of rotatable bonds is 3. The smallest absolute Gasteiger partial charge is 0.0777 e. The second-order valence-electron chi connectivity index (χ2n) is 5.03. The molecule has 1 aromatic carbocycles. The predicted molar refractivity (Wildman–Crippen MR) is 69.9 cm³/mol. The summed E-state index contributed by atoms with van der Waals surface area (Å²) in [5, 5.41) is 13.8. The highest BCUT2D eigenvalue weighted by molar-refractivity contribution is 5.14. The van der Waals surface area contributed by atoms with Crippen molar-refractivity contribution in [1.82, 2.24) is 4.90 Å². The summed E-state index contributed by atoms with van der Waals surface area (Å²) in [7, 11) is 0. The van der Waals surface area contributed by atoms with E-state index in [0.717, 1.165) is 13.1 Å². The van der Waals surface area contributed by atoms with Crippen molar-refractivity contribution in [3.05, 3.63) is 46.3 Å². The van der Waals surface area contributed by atoms with E-state index >= 15 is 0 Å². The van der Waals surface area contributed by atoms with Crippen LogP contribution in [0.15, 0.2) is 35.4 Å². The third-order valence-electron chi connectivity index (χ3n) is 3.61. The molecule has 0 radical (unpaired) electrons. The van der Waals surface area contributed by atoms with Crippen LogP contribution >= 0.6 is 0 Å². The molecule has 0 aliphatic carbocycles. The predicted octanol–water partition coefficient (Wildman–Crippen LogP) is 2.32. The number of hydrogen-bond donors (Lipinski definition) is 1. The van der Waals surface area contributed by atoms with Gasteiger partial charge in [0, 0.05) is 18.0 Å². The van der Waals surface area contributed by atoms with Crippen molar-refractivity contribution < 1.29 is 5.11 Å². The molecule has 2 rings (SSSR count). The number of likely N-dealkylation sites (tertiary alicyclic amines) is 1. The number of piperidine rings is 1. The summed E-state index contributed by atoms with van der Waals surface area (Å²) in [5.74, 6) is 0. The average molecular weight is 246 g/mol. The van der Waals surface area contributed by atoms with Gasteiger partial charge in [0.1, 0.15) is 0 Å². The lowest BCUT2D eigenvalue weighted by Gasteiger charge is -2.40. The van der Waals surface area contributed by atoms with Gasteiger partial charge in [0.25, 0.3) is 0 Å². The molecule has 0 spiro atoms. The normalized spacial score (nSPS) is 28.7. The number of aliphatic hydroxyl groups is 1. The first kappa shape index (κ1) is 12.9. The average Bonchev–Trinajstić information content (AvgIpc) is 2.36. The molecule has 0 aromatic heterocycles. The lowest BCUT2D eigenvalue weighted by Crippen LogP contribution is -2.52. The maximum Gasteiger partial charge on any atom is 0.0777 e. The van der Waals surface area contributed by atoms with E-state index in [4.69, 9.17) is 5.53 Å². The second-order valence-corrected chi connectivity index (χ2v) is 5.03. The highest BCUT2D eigenvalue weighted by atomic mass is 16.3. The molecule has 5 nitrogen and oxygen atoms in total. The highest BCUT2D eigenvalue weighted by Gasteiger charge is 2.37. The molecule has 1 aliphatic rings. The molecule has 1 aliphatic heterocycles. The van der Waals surface area contributed by atoms with E-state index in [1.807, 2.05) is 25.1 Å². The lowest BCUT2D eigenvalue weighted by molar-refractivity contribution is 0.00906. The molecule has 0 amide bonds. The van der Waals surface area contributed by atoms with E-state index < -0.39 is 11.6 Å². The van der Waals surface area contributed by atoms with Crippen molar-refractivity contribution in [1.29, 1.82) is 0 Å². The summed E-state index contributed by atoms with van der Waals surface area (Å²) in [4.78, 5) is 5.03. The van der Waals surface area contributed by atoms with E-state index in [-0.39, 0.29) is 0 Å². The Bertz CT molecular complexity index is 444. The summed E-state index contributed by atoms with van der Waals surface area (Å²) in [6.07, 6.45) is 0.0799. The number of β-amino-alcohol motifs (C(OH)–C–C–N with tert-alkyl or cyclic N) is 1. The van der Waals surface area contributed by atoms with Gasteiger partial charge in [-0.15, -0.1) is 0 Å². The van der Waals surface area contributed by atoms with Gasteiger partial charge >= 0.3 is 0 Å². The van der Waals surface area contributed by atoms with Crippen molar-refractivity contribution in [3.8, 4) is 0 Å². The first-order valence-electron chi connectivity index (χ1n) is 6.15. The van der Waals surface area contributed by atoms with Crippen LogP contribution in [0, 0.1) is 0 Å². The molecule has 0 bridgehead atoms. The van der Waals surface area contributed by atoms with Gasteiger partial charge in [0.15, 0.2) is 0 Å². The summed E-state index contributed by atoms with van der Waals surface area (Å²) in [5.41, 5.74) is 9.10. The zero-order valence-corrected chi connectivity index (χ0v) is 10.5. The van der Waals surface area contributed by atoms with Gasteiger partial charge in [0.05, 0.1) is 11.6 Å². The van der Waals surface area contributed by atoms with Crippen LogP contribution < -0.4 is 0 Å². The summed E-state index contributed by atoms with van der Waals surface area (Å²) in [6.45, 7) is 4.02. The molecule has 1 unspecified atom stereocenters. The summed E-state index contributed by atoms with van der Waals surface area (Å²) in [6, 6.07) is 10.2. The molecule has 5 heteroatoms. The Balaban J connectivity index is 1.98. The SMILES string of the molecule is CC1(N=[N+]=[N-])CCN(Cc2ccccc2)C[C@@H]1O. The van der Waals surface area contributed by atoms with E-state index in [9.17, 15) is 5.11 Å². The van der Waals surface area contributed by atoms with Crippen molar-refractivity contribution in [2.45, 2.75) is 31.5 Å². The van der Waals surface area contributed by atoms with Crippen molar-refractivity contribution in [2.75, 3.05) is 13.1 Å². The van der Waals surface area contributed by atoms with Gasteiger partial charge in [-0.3, -0.25) is 4.90 Å². The van der Waals surface area contributed by atoms with Crippen LogP contribution in [0.25, 0.3) is 10.4 Å². The highest BCUT2D eigenvalue weighted by Crippen LogP contribution is 2.27. The van der Waals surface area contributed by atoms with Crippen LogP contribution in [0.3, 0.4) is 0 Å². The zero-order chi connectivity index (χ0) is 13.0. The monoisotopic (exact) mass is 246 g/mol. The Morgan fingerprint density at radius 2 is 2.22 bits per heavy atom. The van der Waals surface area contributed by atoms with Crippen LogP contribution in [0.5, 0.6) is 0 Å². The maximum atomic E-state index is 10.1. The Kier molecular flexibility index (Phi) is 3.87. The Hall–Kier alpha value is -1.55. The largest absolute Gasteiger partial charge is 0.391 e. The fourth-order valence-electron chi connectivity index (χ4n) is 2.29. The minimum atomic E-state index is -0.665. The van der Waals surface area contributed by atoms with Crippen LogP contribution in [0.2, 0.25) is 0 Å².